The molecule has 0 saturated heterocycles. The third-order valence-electron chi connectivity index (χ3n) is 4.71. The Bertz CT molecular complexity index is 745. The van der Waals surface area contributed by atoms with Gasteiger partial charge in [0.2, 0.25) is 0 Å². The number of allylic oxidation sites excluding steroid dienone is 3. The summed E-state index contributed by atoms with van der Waals surface area (Å²) >= 11 is 0. The number of benzene rings is 1. The van der Waals surface area contributed by atoms with Crippen molar-refractivity contribution in [1.29, 1.82) is 0 Å². The average Bonchev–Trinajstić information content (AvgIpc) is 2.54. The van der Waals surface area contributed by atoms with Crippen molar-refractivity contribution >= 4 is 11.8 Å². The van der Waals surface area contributed by atoms with E-state index in [9.17, 15) is 9.59 Å². The molecule has 0 aromatic heterocycles. The molecule has 0 saturated carbocycles. The fraction of sp³-hybridized carbons (Fsp3) is 0.400. The summed E-state index contributed by atoms with van der Waals surface area (Å²) in [6.45, 7) is 6.01. The fourth-order valence-corrected chi connectivity index (χ4v) is 3.72. The van der Waals surface area contributed by atoms with E-state index in [1.807, 2.05) is 32.0 Å². The first kappa shape index (κ1) is 16.5. The highest BCUT2D eigenvalue weighted by atomic mass is 16.5. The number of nitrogens with one attached hydrogen (secondary N) is 1. The second kappa shape index (κ2) is 6.63. The number of rotatable bonds is 3. The largest absolute Gasteiger partial charge is 0.463 e. The van der Waals surface area contributed by atoms with Crippen molar-refractivity contribution in [1.82, 2.24) is 5.32 Å². The van der Waals surface area contributed by atoms with Crippen molar-refractivity contribution in [3.63, 3.8) is 0 Å². The van der Waals surface area contributed by atoms with E-state index in [4.69, 9.17) is 4.74 Å². The second-order valence-corrected chi connectivity index (χ2v) is 6.42. The summed E-state index contributed by atoms with van der Waals surface area (Å²) in [6.07, 6.45) is 3.35. The lowest BCUT2D eigenvalue weighted by molar-refractivity contribution is -0.139. The molecule has 126 valence electrons. The van der Waals surface area contributed by atoms with Crippen LogP contribution in [0.25, 0.3) is 0 Å². The van der Waals surface area contributed by atoms with Crippen LogP contribution in [0.1, 0.15) is 43.7 Å². The van der Waals surface area contributed by atoms with Crippen molar-refractivity contribution < 1.29 is 14.3 Å². The van der Waals surface area contributed by atoms with Gasteiger partial charge in [-0.3, -0.25) is 4.79 Å². The van der Waals surface area contributed by atoms with Gasteiger partial charge in [-0.05, 0) is 32.8 Å². The highest BCUT2D eigenvalue weighted by Gasteiger charge is 2.43. The molecule has 1 aromatic carbocycles. The molecule has 4 heteroatoms. The topological polar surface area (TPSA) is 55.4 Å². The summed E-state index contributed by atoms with van der Waals surface area (Å²) in [6, 6.07) is 8.04. The Labute approximate surface area is 142 Å². The van der Waals surface area contributed by atoms with Gasteiger partial charge in [0.1, 0.15) is 5.78 Å². The number of carbonyl (C=O) groups is 2. The molecule has 4 nitrogen and oxygen atoms in total. The normalized spacial score (nSPS) is 23.3. The van der Waals surface area contributed by atoms with Crippen molar-refractivity contribution in [3.8, 4) is 0 Å². The number of hydrogen-bond donors (Lipinski definition) is 1. The Morgan fingerprint density at radius 1 is 1.29 bits per heavy atom. The maximum Gasteiger partial charge on any atom is 0.336 e. The average molecular weight is 325 g/mol. The summed E-state index contributed by atoms with van der Waals surface area (Å²) in [5.41, 5.74) is 4.37. The van der Waals surface area contributed by atoms with Gasteiger partial charge in [0.25, 0.3) is 0 Å². The molecule has 0 fully saturated rings. The van der Waals surface area contributed by atoms with E-state index < -0.39 is 0 Å². The lowest BCUT2D eigenvalue weighted by atomic mass is 9.71. The molecular weight excluding hydrogens is 302 g/mol. The molecule has 1 aromatic rings. The van der Waals surface area contributed by atoms with Crippen molar-refractivity contribution in [2.45, 2.75) is 39.5 Å². The summed E-state index contributed by atoms with van der Waals surface area (Å²) < 4.78 is 5.28. The smallest absolute Gasteiger partial charge is 0.336 e. The van der Waals surface area contributed by atoms with Gasteiger partial charge in [-0.15, -0.1) is 0 Å². The van der Waals surface area contributed by atoms with Gasteiger partial charge < -0.3 is 10.1 Å². The van der Waals surface area contributed by atoms with E-state index in [-0.39, 0.29) is 23.6 Å². The molecule has 0 radical (unpaired) electrons. The van der Waals surface area contributed by atoms with Crippen LogP contribution in [0.2, 0.25) is 0 Å². The second-order valence-electron chi connectivity index (χ2n) is 6.42. The number of carbonyl (C=O) groups excluding carboxylic acids is 2. The zero-order valence-electron chi connectivity index (χ0n) is 14.4. The number of aryl methyl sites for hydroxylation is 1. The Morgan fingerprint density at radius 3 is 2.79 bits per heavy atom. The third kappa shape index (κ3) is 2.88. The van der Waals surface area contributed by atoms with Crippen molar-refractivity contribution in [2.75, 3.05) is 6.61 Å². The minimum Gasteiger partial charge on any atom is -0.463 e. The minimum atomic E-state index is -0.341. The van der Waals surface area contributed by atoms with E-state index in [2.05, 4.69) is 17.5 Å². The van der Waals surface area contributed by atoms with Crippen LogP contribution in [0.4, 0.5) is 0 Å². The van der Waals surface area contributed by atoms with Crippen LogP contribution in [0.15, 0.2) is 47.3 Å². The molecular formula is C20H23NO3. The van der Waals surface area contributed by atoms with Crippen LogP contribution < -0.4 is 5.32 Å². The molecule has 1 N–H and O–H groups in total. The highest BCUT2D eigenvalue weighted by Crippen LogP contribution is 2.43. The third-order valence-corrected chi connectivity index (χ3v) is 4.71. The first-order valence-corrected chi connectivity index (χ1v) is 8.47. The van der Waals surface area contributed by atoms with Crippen molar-refractivity contribution in [2.24, 2.45) is 5.92 Å². The molecule has 1 heterocycles. The molecule has 0 amide bonds. The molecule has 0 bridgehead atoms. The lowest BCUT2D eigenvalue weighted by Crippen LogP contribution is -2.40. The number of esters is 1. The Hall–Kier alpha value is -2.36. The van der Waals surface area contributed by atoms with E-state index in [0.29, 0.717) is 18.6 Å². The first-order chi connectivity index (χ1) is 11.5. The zero-order valence-corrected chi connectivity index (χ0v) is 14.4. The van der Waals surface area contributed by atoms with Crippen LogP contribution in [0.5, 0.6) is 0 Å². The lowest BCUT2D eigenvalue weighted by Gasteiger charge is -2.38. The van der Waals surface area contributed by atoms with Crippen LogP contribution >= 0.6 is 0 Å². The monoisotopic (exact) mass is 325 g/mol. The van der Waals surface area contributed by atoms with E-state index in [1.54, 1.807) is 6.92 Å². The number of Topliss-reactive ketones (excluding diaryl/α,β-unsaturated/α-hetero) is 1. The van der Waals surface area contributed by atoms with E-state index in [0.717, 1.165) is 28.9 Å². The fourth-order valence-electron chi connectivity index (χ4n) is 3.72. The zero-order chi connectivity index (χ0) is 17.3. The Balaban J connectivity index is 2.17. The standard InChI is InChI=1S/C20H23NO3/c1-4-24-20(23)17-13(3)21-15-9-6-10-16(22)19(15)18(17)14-8-5-7-12(2)11-14/h5,7-9,11,18-19,21H,4,6,10H2,1-3H3. The van der Waals surface area contributed by atoms with Crippen LogP contribution in [0.3, 0.4) is 0 Å². The van der Waals surface area contributed by atoms with Gasteiger partial charge in [0.05, 0.1) is 18.1 Å². The predicted molar refractivity (Wildman–Crippen MR) is 92.2 cm³/mol. The number of hydrogen-bond acceptors (Lipinski definition) is 4. The number of ketones is 1. The van der Waals surface area contributed by atoms with Crippen LogP contribution in [-0.4, -0.2) is 18.4 Å². The Kier molecular flexibility index (Phi) is 4.56. The molecule has 1 aliphatic heterocycles. The summed E-state index contributed by atoms with van der Waals surface area (Å²) in [5, 5.41) is 3.27. The van der Waals surface area contributed by atoms with Gasteiger partial charge in [-0.2, -0.15) is 0 Å². The minimum absolute atomic E-state index is 0.181. The first-order valence-electron chi connectivity index (χ1n) is 8.47. The Morgan fingerprint density at radius 2 is 2.08 bits per heavy atom. The molecule has 0 spiro atoms. The van der Waals surface area contributed by atoms with E-state index in [1.165, 1.54) is 0 Å². The summed E-state index contributed by atoms with van der Waals surface area (Å²) in [5.74, 6) is -0.778. The predicted octanol–water partition coefficient (Wildman–Crippen LogP) is 3.38. The summed E-state index contributed by atoms with van der Waals surface area (Å²) in [4.78, 5) is 25.3. The van der Waals surface area contributed by atoms with Gasteiger partial charge in [-0.1, -0.05) is 35.9 Å². The maximum atomic E-state index is 12.7. The SMILES string of the molecule is CCOC(=O)C1=C(C)NC2=CCCC(=O)C2C1c1cccc(C)c1. The number of ether oxygens (including phenoxy) is 1. The van der Waals surface area contributed by atoms with Gasteiger partial charge in [0.15, 0.2) is 0 Å². The van der Waals surface area contributed by atoms with Crippen molar-refractivity contribution in [3.05, 3.63) is 58.4 Å². The van der Waals surface area contributed by atoms with Crippen LogP contribution in [0, 0.1) is 12.8 Å². The molecule has 2 unspecified atom stereocenters. The summed E-state index contributed by atoms with van der Waals surface area (Å²) in [7, 11) is 0. The van der Waals surface area contributed by atoms with Gasteiger partial charge >= 0.3 is 5.97 Å². The molecule has 1 aliphatic carbocycles. The van der Waals surface area contributed by atoms with Crippen LogP contribution in [-0.2, 0) is 14.3 Å². The molecule has 2 aliphatic rings. The molecule has 2 atom stereocenters. The number of fused-ring (bicyclic) bond motifs is 1. The highest BCUT2D eigenvalue weighted by molar-refractivity contribution is 5.96. The molecule has 24 heavy (non-hydrogen) atoms. The van der Waals surface area contributed by atoms with E-state index >= 15 is 0 Å². The van der Waals surface area contributed by atoms with Gasteiger partial charge in [0, 0.05) is 23.7 Å². The van der Waals surface area contributed by atoms with Gasteiger partial charge in [-0.25, -0.2) is 4.79 Å². The maximum absolute atomic E-state index is 12.7. The quantitative estimate of drug-likeness (QED) is 0.866. The molecule has 3 rings (SSSR count).